The fourth-order valence-electron chi connectivity index (χ4n) is 5.24. The van der Waals surface area contributed by atoms with Gasteiger partial charge in [0.2, 0.25) is 11.8 Å². The monoisotopic (exact) mass is 582 g/mol. The molecule has 2 aliphatic rings. The highest BCUT2D eigenvalue weighted by molar-refractivity contribution is 5.94. The fourth-order valence-corrected chi connectivity index (χ4v) is 5.24. The first kappa shape index (κ1) is 28.8. The van der Waals surface area contributed by atoms with E-state index in [9.17, 15) is 35.9 Å². The highest BCUT2D eigenvalue weighted by Crippen LogP contribution is 2.43. The van der Waals surface area contributed by atoms with Crippen LogP contribution in [0.15, 0.2) is 36.9 Å². The summed E-state index contributed by atoms with van der Waals surface area (Å²) in [4.78, 5) is 33.5. The standard InChI is InChI=1S/C27H28F6N6O2/c28-19-13-34-10-6-18(19)25(41)38-24(16-3-7-26(29,30)8-4-16)20-14-39-21(36-20)11-17(12-35-39)23(15-1-2-15)37-22(40)5-9-27(31,32)33/h6,10-16,23-24H,1-5,7-9H2,(H,37,40)(H,38,41)/t23-,24+/m1/s1. The number of aromatic nitrogens is 4. The van der Waals surface area contributed by atoms with Gasteiger partial charge in [-0.3, -0.25) is 14.6 Å². The topological polar surface area (TPSA) is 101 Å². The molecule has 0 aliphatic heterocycles. The van der Waals surface area contributed by atoms with Crippen molar-refractivity contribution >= 4 is 17.5 Å². The predicted molar refractivity (Wildman–Crippen MR) is 133 cm³/mol. The molecule has 2 aliphatic carbocycles. The van der Waals surface area contributed by atoms with E-state index in [1.54, 1.807) is 12.3 Å². The average molecular weight is 583 g/mol. The van der Waals surface area contributed by atoms with Crippen molar-refractivity contribution < 1.29 is 35.9 Å². The number of hydrogen-bond donors (Lipinski definition) is 2. The second-order valence-corrected chi connectivity index (χ2v) is 10.8. The Hall–Kier alpha value is -3.71. The predicted octanol–water partition coefficient (Wildman–Crippen LogP) is 5.47. The molecule has 0 saturated heterocycles. The summed E-state index contributed by atoms with van der Waals surface area (Å²) in [5, 5.41) is 9.80. The Kier molecular flexibility index (Phi) is 7.93. The van der Waals surface area contributed by atoms with Gasteiger partial charge in [-0.05, 0) is 55.2 Å². The molecule has 0 aromatic carbocycles. The van der Waals surface area contributed by atoms with Crippen LogP contribution in [0.3, 0.4) is 0 Å². The zero-order chi connectivity index (χ0) is 29.4. The Morgan fingerprint density at radius 1 is 1.05 bits per heavy atom. The fraction of sp³-hybridized carbons (Fsp3) is 0.519. The minimum atomic E-state index is -4.44. The lowest BCUT2D eigenvalue weighted by Crippen LogP contribution is -2.37. The number of carbonyl (C=O) groups is 2. The summed E-state index contributed by atoms with van der Waals surface area (Å²) in [5.74, 6) is -5.45. The molecular formula is C27H28F6N6O2. The van der Waals surface area contributed by atoms with Gasteiger partial charge in [0.1, 0.15) is 0 Å². The van der Waals surface area contributed by atoms with Crippen molar-refractivity contribution in [3.8, 4) is 0 Å². The Balaban J connectivity index is 1.40. The Morgan fingerprint density at radius 2 is 1.76 bits per heavy atom. The summed E-state index contributed by atoms with van der Waals surface area (Å²) in [5.41, 5.74) is 0.992. The number of nitrogens with one attached hydrogen (secondary N) is 2. The molecule has 2 saturated carbocycles. The zero-order valence-corrected chi connectivity index (χ0v) is 21.8. The van der Waals surface area contributed by atoms with Gasteiger partial charge in [-0.15, -0.1) is 0 Å². The van der Waals surface area contributed by atoms with Crippen LogP contribution < -0.4 is 10.6 Å². The van der Waals surface area contributed by atoms with Gasteiger partial charge in [-0.1, -0.05) is 0 Å². The highest BCUT2D eigenvalue weighted by Gasteiger charge is 2.40. The maximum absolute atomic E-state index is 14.3. The third kappa shape index (κ3) is 7.14. The molecule has 3 aromatic rings. The number of rotatable bonds is 9. The second kappa shape index (κ2) is 11.3. The third-order valence-corrected chi connectivity index (χ3v) is 7.62. The normalized spacial score (nSPS) is 19.1. The number of imidazole rings is 1. The van der Waals surface area contributed by atoms with E-state index in [0.717, 1.165) is 19.0 Å². The van der Waals surface area contributed by atoms with Crippen molar-refractivity contribution in [2.24, 2.45) is 11.8 Å². The van der Waals surface area contributed by atoms with E-state index in [1.807, 2.05) is 0 Å². The number of amides is 2. The van der Waals surface area contributed by atoms with Gasteiger partial charge >= 0.3 is 6.18 Å². The lowest BCUT2D eigenvalue weighted by Gasteiger charge is -2.33. The lowest BCUT2D eigenvalue weighted by molar-refractivity contribution is -0.144. The SMILES string of the molecule is O=C(CCC(F)(F)F)N[C@@H](c1cnn2cc([C@@H](NC(=O)c3ccncc3F)C3CCC(F)(F)CC3)nc2c1)C1CC1. The van der Waals surface area contributed by atoms with Gasteiger partial charge in [-0.25, -0.2) is 22.7 Å². The number of halogens is 6. The molecule has 0 bridgehead atoms. The van der Waals surface area contributed by atoms with Crippen molar-refractivity contribution in [3.05, 3.63) is 59.6 Å². The zero-order valence-electron chi connectivity index (χ0n) is 21.8. The van der Waals surface area contributed by atoms with Crippen LogP contribution in [0.1, 0.15) is 85.1 Å². The van der Waals surface area contributed by atoms with E-state index in [2.05, 4.69) is 25.7 Å². The minimum Gasteiger partial charge on any atom is -0.349 e. The van der Waals surface area contributed by atoms with Crippen LogP contribution in [0.2, 0.25) is 0 Å². The van der Waals surface area contributed by atoms with Crippen LogP contribution >= 0.6 is 0 Å². The van der Waals surface area contributed by atoms with Gasteiger partial charge < -0.3 is 10.6 Å². The molecule has 41 heavy (non-hydrogen) atoms. The van der Waals surface area contributed by atoms with Crippen molar-refractivity contribution in [2.75, 3.05) is 0 Å². The van der Waals surface area contributed by atoms with Crippen LogP contribution in [0, 0.1) is 17.7 Å². The van der Waals surface area contributed by atoms with Gasteiger partial charge in [0.25, 0.3) is 5.91 Å². The maximum Gasteiger partial charge on any atom is 0.389 e. The largest absolute Gasteiger partial charge is 0.389 e. The molecule has 0 spiro atoms. The smallest absolute Gasteiger partial charge is 0.349 e. The second-order valence-electron chi connectivity index (χ2n) is 10.8. The van der Waals surface area contributed by atoms with Crippen molar-refractivity contribution in [1.82, 2.24) is 30.2 Å². The van der Waals surface area contributed by atoms with E-state index in [4.69, 9.17) is 0 Å². The first-order valence-electron chi connectivity index (χ1n) is 13.4. The molecule has 220 valence electrons. The molecule has 2 N–H and O–H groups in total. The van der Waals surface area contributed by atoms with E-state index in [-0.39, 0.29) is 37.2 Å². The molecule has 5 rings (SSSR count). The van der Waals surface area contributed by atoms with Crippen LogP contribution in [0.4, 0.5) is 26.3 Å². The summed E-state index contributed by atoms with van der Waals surface area (Å²) in [6, 6.07) is 1.51. The summed E-state index contributed by atoms with van der Waals surface area (Å²) < 4.78 is 81.2. The molecule has 0 radical (unpaired) electrons. The number of fused-ring (bicyclic) bond motifs is 1. The molecule has 3 aromatic heterocycles. The van der Waals surface area contributed by atoms with Crippen LogP contribution in [0.5, 0.6) is 0 Å². The Bertz CT molecular complexity index is 1410. The van der Waals surface area contributed by atoms with Gasteiger partial charge in [0.05, 0.1) is 48.4 Å². The molecule has 0 unspecified atom stereocenters. The van der Waals surface area contributed by atoms with Gasteiger partial charge in [-0.2, -0.15) is 18.3 Å². The molecule has 2 amide bonds. The van der Waals surface area contributed by atoms with Crippen LogP contribution in [-0.2, 0) is 4.79 Å². The Labute approximate surface area is 230 Å². The molecule has 2 fully saturated rings. The van der Waals surface area contributed by atoms with Crippen molar-refractivity contribution in [2.45, 2.75) is 75.5 Å². The Morgan fingerprint density at radius 3 is 2.41 bits per heavy atom. The van der Waals surface area contributed by atoms with Gasteiger partial charge in [0, 0.05) is 25.5 Å². The van der Waals surface area contributed by atoms with E-state index in [1.165, 1.54) is 23.0 Å². The number of carbonyl (C=O) groups excluding carboxylic acids is 2. The summed E-state index contributed by atoms with van der Waals surface area (Å²) in [6.07, 6.45) is -0.0566. The summed E-state index contributed by atoms with van der Waals surface area (Å²) >= 11 is 0. The average Bonchev–Trinajstić information content (AvgIpc) is 3.67. The van der Waals surface area contributed by atoms with E-state index < -0.39 is 60.6 Å². The summed E-state index contributed by atoms with van der Waals surface area (Å²) in [7, 11) is 0. The lowest BCUT2D eigenvalue weighted by atomic mass is 9.81. The van der Waals surface area contributed by atoms with Gasteiger partial charge in [0.15, 0.2) is 11.5 Å². The van der Waals surface area contributed by atoms with Crippen molar-refractivity contribution in [3.63, 3.8) is 0 Å². The number of pyridine rings is 1. The molecule has 8 nitrogen and oxygen atoms in total. The molecule has 2 atom stereocenters. The maximum atomic E-state index is 14.3. The minimum absolute atomic E-state index is 0.0507. The first-order chi connectivity index (χ1) is 19.4. The quantitative estimate of drug-likeness (QED) is 0.326. The molecule has 3 heterocycles. The molecule has 14 heteroatoms. The number of alkyl halides is 5. The van der Waals surface area contributed by atoms with E-state index >= 15 is 0 Å². The first-order valence-corrected chi connectivity index (χ1v) is 13.4. The molecular weight excluding hydrogens is 554 g/mol. The third-order valence-electron chi connectivity index (χ3n) is 7.62. The van der Waals surface area contributed by atoms with Crippen LogP contribution in [-0.4, -0.2) is 43.5 Å². The summed E-state index contributed by atoms with van der Waals surface area (Å²) in [6.45, 7) is 0. The van der Waals surface area contributed by atoms with Crippen LogP contribution in [0.25, 0.3) is 5.65 Å². The highest BCUT2D eigenvalue weighted by atomic mass is 19.4. The van der Waals surface area contributed by atoms with E-state index in [0.29, 0.717) is 16.9 Å². The van der Waals surface area contributed by atoms with Crippen molar-refractivity contribution in [1.29, 1.82) is 0 Å². The number of nitrogens with zero attached hydrogens (tertiary/aromatic N) is 4. The number of hydrogen-bond acceptors (Lipinski definition) is 5.